The molecule has 6 heteroatoms. The van der Waals surface area contributed by atoms with Gasteiger partial charge in [-0.3, -0.25) is 9.69 Å². The van der Waals surface area contributed by atoms with Crippen LogP contribution in [0.1, 0.15) is 44.4 Å². The minimum absolute atomic E-state index is 0.0272. The van der Waals surface area contributed by atoms with Crippen LogP contribution in [0.3, 0.4) is 0 Å². The molecule has 1 heterocycles. The summed E-state index contributed by atoms with van der Waals surface area (Å²) in [5.41, 5.74) is 4.01. The molecule has 1 aliphatic heterocycles. The fourth-order valence-corrected chi connectivity index (χ4v) is 4.41. The van der Waals surface area contributed by atoms with Crippen molar-refractivity contribution in [1.82, 2.24) is 4.90 Å². The van der Waals surface area contributed by atoms with Crippen LogP contribution in [-0.4, -0.2) is 35.7 Å². The van der Waals surface area contributed by atoms with Crippen molar-refractivity contribution in [2.75, 3.05) is 19.8 Å². The van der Waals surface area contributed by atoms with Gasteiger partial charge >= 0.3 is 0 Å². The summed E-state index contributed by atoms with van der Waals surface area (Å²) in [6, 6.07) is 11.9. The van der Waals surface area contributed by atoms with Crippen LogP contribution in [0.15, 0.2) is 46.3 Å². The predicted molar refractivity (Wildman–Crippen MR) is 134 cm³/mol. The lowest BCUT2D eigenvalue weighted by molar-refractivity contribution is -0.122. The lowest BCUT2D eigenvalue weighted by Gasteiger charge is -2.14. The van der Waals surface area contributed by atoms with E-state index in [1.807, 2.05) is 70.2 Å². The number of para-hydroxylation sites is 1. The fourth-order valence-electron chi connectivity index (χ4n) is 3.36. The van der Waals surface area contributed by atoms with Gasteiger partial charge in [0.2, 0.25) is 0 Å². The van der Waals surface area contributed by atoms with Gasteiger partial charge < -0.3 is 9.47 Å². The Kier molecular flexibility index (Phi) is 8.02. The zero-order valence-corrected chi connectivity index (χ0v) is 20.6. The highest BCUT2D eigenvalue weighted by atomic mass is 32.2. The number of benzene rings is 2. The Bertz CT molecular complexity index is 1020. The summed E-state index contributed by atoms with van der Waals surface area (Å²) in [7, 11) is 0. The van der Waals surface area contributed by atoms with Crippen molar-refractivity contribution >= 4 is 34.6 Å². The molecule has 1 amide bonds. The second kappa shape index (κ2) is 10.7. The molecule has 0 atom stereocenters. The third kappa shape index (κ3) is 5.54. The maximum Gasteiger partial charge on any atom is 0.266 e. The van der Waals surface area contributed by atoms with Crippen molar-refractivity contribution in [3.05, 3.63) is 58.0 Å². The van der Waals surface area contributed by atoms with Crippen molar-refractivity contribution < 1.29 is 14.3 Å². The summed E-state index contributed by atoms with van der Waals surface area (Å²) in [6.07, 6.45) is 1.90. The largest absolute Gasteiger partial charge is 0.490 e. The van der Waals surface area contributed by atoms with E-state index in [0.29, 0.717) is 41.5 Å². The molecule has 1 aliphatic rings. The van der Waals surface area contributed by atoms with Gasteiger partial charge in [-0.15, -0.1) is 0 Å². The maximum absolute atomic E-state index is 13.1. The first kappa shape index (κ1) is 23.9. The number of nitrogens with zero attached hydrogens (tertiary/aromatic N) is 2. The van der Waals surface area contributed by atoms with Gasteiger partial charge in [0.05, 0.1) is 23.8 Å². The number of ether oxygens (including phenoxy) is 2. The maximum atomic E-state index is 13.1. The molecule has 5 nitrogen and oxygen atoms in total. The average Bonchev–Trinajstić information content (AvgIpc) is 3.04. The molecule has 0 N–H and O–H groups in total. The third-order valence-corrected chi connectivity index (χ3v) is 6.00. The van der Waals surface area contributed by atoms with Crippen LogP contribution in [0.4, 0.5) is 5.69 Å². The van der Waals surface area contributed by atoms with Gasteiger partial charge in [0.25, 0.3) is 5.91 Å². The molecule has 0 radical (unpaired) electrons. The molecular weight excluding hydrogens is 420 g/mol. The van der Waals surface area contributed by atoms with Crippen LogP contribution in [-0.2, 0) is 4.79 Å². The average molecular weight is 453 g/mol. The van der Waals surface area contributed by atoms with Gasteiger partial charge in [-0.2, -0.15) is 0 Å². The van der Waals surface area contributed by atoms with Crippen LogP contribution in [0.25, 0.3) is 6.08 Å². The molecule has 0 bridgehead atoms. The summed E-state index contributed by atoms with van der Waals surface area (Å²) in [5.74, 6) is 1.81. The number of carbonyl (C=O) groups is 1. The first-order chi connectivity index (χ1) is 15.3. The second-order valence-electron chi connectivity index (χ2n) is 8.14. The normalized spacial score (nSPS) is 16.5. The van der Waals surface area contributed by atoms with Crippen molar-refractivity contribution in [3.63, 3.8) is 0 Å². The van der Waals surface area contributed by atoms with Crippen LogP contribution < -0.4 is 9.47 Å². The highest BCUT2D eigenvalue weighted by molar-refractivity contribution is 8.18. The van der Waals surface area contributed by atoms with E-state index in [0.717, 1.165) is 28.1 Å². The standard InChI is InChI=1S/C26H32N2O3S/c1-7-28-25(29)23(32-26(28)27-24-18(5)10-9-11-19(24)6)15-20-12-13-21(31-16-17(3)4)22(14-20)30-8-2/h9-15,17H,7-8,16H2,1-6H3/b23-15+,27-26?. The Balaban J connectivity index is 1.92. The quantitative estimate of drug-likeness (QED) is 0.437. The van der Waals surface area contributed by atoms with E-state index in [1.165, 1.54) is 11.8 Å². The molecule has 0 unspecified atom stereocenters. The van der Waals surface area contributed by atoms with E-state index < -0.39 is 0 Å². The van der Waals surface area contributed by atoms with E-state index in [4.69, 9.17) is 14.5 Å². The number of rotatable bonds is 8. The van der Waals surface area contributed by atoms with Crippen molar-refractivity contribution in [2.45, 2.75) is 41.5 Å². The minimum atomic E-state index is -0.0272. The number of hydrogen-bond donors (Lipinski definition) is 0. The number of amides is 1. The summed E-state index contributed by atoms with van der Waals surface area (Å²) >= 11 is 1.41. The monoisotopic (exact) mass is 452 g/mol. The molecule has 0 spiro atoms. The number of amidine groups is 1. The van der Waals surface area contributed by atoms with Crippen LogP contribution in [0.5, 0.6) is 11.5 Å². The Labute approximate surface area is 195 Å². The SMILES string of the molecule is CCOc1cc(/C=C2/SC(=Nc3c(C)cccc3C)N(CC)C2=O)ccc1OCC(C)C. The fraction of sp³-hybridized carbons (Fsp3) is 0.385. The van der Waals surface area contributed by atoms with Gasteiger partial charge in [0.15, 0.2) is 16.7 Å². The lowest BCUT2D eigenvalue weighted by Crippen LogP contribution is -2.28. The topological polar surface area (TPSA) is 51.1 Å². The van der Waals surface area contributed by atoms with Gasteiger partial charge in [0, 0.05) is 6.54 Å². The summed E-state index contributed by atoms with van der Waals surface area (Å²) in [4.78, 5) is 20.3. The molecule has 170 valence electrons. The van der Waals surface area contributed by atoms with Crippen LogP contribution >= 0.6 is 11.8 Å². The molecule has 1 saturated heterocycles. The Morgan fingerprint density at radius 2 is 1.78 bits per heavy atom. The highest BCUT2D eigenvalue weighted by Gasteiger charge is 2.32. The van der Waals surface area contributed by atoms with Crippen molar-refractivity contribution in [1.29, 1.82) is 0 Å². The second-order valence-corrected chi connectivity index (χ2v) is 9.15. The Morgan fingerprint density at radius 3 is 2.41 bits per heavy atom. The number of aryl methyl sites for hydroxylation is 2. The molecule has 32 heavy (non-hydrogen) atoms. The van der Waals surface area contributed by atoms with Gasteiger partial charge in [0.1, 0.15) is 0 Å². The summed E-state index contributed by atoms with van der Waals surface area (Å²) in [6.45, 7) is 14.0. The van der Waals surface area contributed by atoms with E-state index in [9.17, 15) is 4.79 Å². The Morgan fingerprint density at radius 1 is 1.06 bits per heavy atom. The van der Waals surface area contributed by atoms with Crippen molar-refractivity contribution in [3.8, 4) is 11.5 Å². The van der Waals surface area contributed by atoms with E-state index in [1.54, 1.807) is 4.90 Å². The van der Waals surface area contributed by atoms with Crippen LogP contribution in [0.2, 0.25) is 0 Å². The molecule has 2 aromatic rings. The number of carbonyl (C=O) groups excluding carboxylic acids is 1. The zero-order chi connectivity index (χ0) is 23.3. The lowest BCUT2D eigenvalue weighted by atomic mass is 10.1. The number of thioether (sulfide) groups is 1. The van der Waals surface area contributed by atoms with E-state index in [-0.39, 0.29) is 5.91 Å². The third-order valence-electron chi connectivity index (χ3n) is 4.99. The minimum Gasteiger partial charge on any atom is -0.490 e. The summed E-state index contributed by atoms with van der Waals surface area (Å²) in [5, 5.41) is 0.711. The van der Waals surface area contributed by atoms with E-state index >= 15 is 0 Å². The summed E-state index contributed by atoms with van der Waals surface area (Å²) < 4.78 is 11.7. The first-order valence-corrected chi connectivity index (χ1v) is 11.9. The smallest absolute Gasteiger partial charge is 0.266 e. The highest BCUT2D eigenvalue weighted by Crippen LogP contribution is 2.37. The van der Waals surface area contributed by atoms with Crippen molar-refractivity contribution in [2.24, 2.45) is 10.9 Å². The number of hydrogen-bond acceptors (Lipinski definition) is 5. The van der Waals surface area contributed by atoms with Gasteiger partial charge in [-0.05, 0) is 80.3 Å². The first-order valence-electron chi connectivity index (χ1n) is 11.1. The molecule has 3 rings (SSSR count). The van der Waals surface area contributed by atoms with Gasteiger partial charge in [-0.1, -0.05) is 38.1 Å². The molecule has 2 aromatic carbocycles. The molecule has 0 saturated carbocycles. The molecule has 0 aliphatic carbocycles. The van der Waals surface area contributed by atoms with E-state index in [2.05, 4.69) is 13.8 Å². The molecule has 0 aromatic heterocycles. The molecule has 1 fully saturated rings. The van der Waals surface area contributed by atoms with Gasteiger partial charge in [-0.25, -0.2) is 4.99 Å². The number of aliphatic imine (C=N–C) groups is 1. The van der Waals surface area contributed by atoms with Crippen LogP contribution in [0, 0.1) is 19.8 Å². The zero-order valence-electron chi connectivity index (χ0n) is 19.8. The molecular formula is C26H32N2O3S. The Hall–Kier alpha value is -2.73. The number of likely N-dealkylation sites (N-methyl/N-ethyl adjacent to an activating group) is 1. The predicted octanol–water partition coefficient (Wildman–Crippen LogP) is 6.36.